The van der Waals surface area contributed by atoms with E-state index in [2.05, 4.69) is 15.5 Å². The first kappa shape index (κ1) is 23.4. The van der Waals surface area contributed by atoms with E-state index in [1.807, 2.05) is 43.3 Å². The Morgan fingerprint density at radius 3 is 2.58 bits per heavy atom. The number of thioether (sulfide) groups is 1. The van der Waals surface area contributed by atoms with Gasteiger partial charge in [-0.2, -0.15) is 0 Å². The van der Waals surface area contributed by atoms with Crippen molar-refractivity contribution >= 4 is 29.4 Å². The molecule has 2 N–H and O–H groups in total. The largest absolute Gasteiger partial charge is 0.495 e. The normalized spacial score (nSPS) is 20.6. The number of carbonyl (C=O) groups excluding carboxylic acids is 2. The summed E-state index contributed by atoms with van der Waals surface area (Å²) in [6.45, 7) is 5.67. The van der Waals surface area contributed by atoms with Crippen LogP contribution in [0.3, 0.4) is 0 Å². The average molecular weight is 469 g/mol. The zero-order valence-corrected chi connectivity index (χ0v) is 20.1. The summed E-state index contributed by atoms with van der Waals surface area (Å²) in [5.74, 6) is 1.03. The standard InChI is InChI=1S/C25H32N4O3S/c1-18-9-3-4-10-19(18)24-29(25(31)27-20-11-5-6-12-22(20)32-2)21(17-33-24)23(30)26-13-16-28-14-7-8-15-28/h3-6,9-12,21,24H,7-8,13-17H2,1-2H3,(H,26,30)(H,27,31). The number of amides is 3. The van der Waals surface area contributed by atoms with Crippen molar-refractivity contribution < 1.29 is 14.3 Å². The molecule has 8 heteroatoms. The molecule has 176 valence electrons. The van der Waals surface area contributed by atoms with Gasteiger partial charge in [-0.05, 0) is 56.1 Å². The van der Waals surface area contributed by atoms with Crippen LogP contribution < -0.4 is 15.4 Å². The van der Waals surface area contributed by atoms with Gasteiger partial charge >= 0.3 is 6.03 Å². The third-order valence-corrected chi connectivity index (χ3v) is 7.57. The Morgan fingerprint density at radius 2 is 1.82 bits per heavy atom. The molecule has 2 aromatic rings. The van der Waals surface area contributed by atoms with Crippen LogP contribution in [0.4, 0.5) is 10.5 Å². The molecule has 0 saturated carbocycles. The van der Waals surface area contributed by atoms with Crippen LogP contribution in [0.25, 0.3) is 0 Å². The fourth-order valence-electron chi connectivity index (χ4n) is 4.45. The molecule has 4 rings (SSSR count). The molecule has 3 amide bonds. The highest BCUT2D eigenvalue weighted by molar-refractivity contribution is 7.99. The van der Waals surface area contributed by atoms with Crippen LogP contribution in [0.2, 0.25) is 0 Å². The number of para-hydroxylation sites is 2. The summed E-state index contributed by atoms with van der Waals surface area (Å²) in [5, 5.41) is 5.80. The molecule has 0 radical (unpaired) electrons. The van der Waals surface area contributed by atoms with E-state index in [4.69, 9.17) is 4.74 Å². The van der Waals surface area contributed by atoms with Crippen LogP contribution in [0, 0.1) is 6.92 Å². The molecule has 0 spiro atoms. The fourth-order valence-corrected chi connectivity index (χ4v) is 5.97. The van der Waals surface area contributed by atoms with E-state index in [-0.39, 0.29) is 17.3 Å². The Morgan fingerprint density at radius 1 is 1.09 bits per heavy atom. The summed E-state index contributed by atoms with van der Waals surface area (Å²) < 4.78 is 5.39. The Balaban J connectivity index is 1.52. The van der Waals surface area contributed by atoms with Gasteiger partial charge in [-0.1, -0.05) is 36.4 Å². The number of nitrogens with zero attached hydrogens (tertiary/aromatic N) is 2. The number of nitrogens with one attached hydrogen (secondary N) is 2. The highest BCUT2D eigenvalue weighted by Gasteiger charge is 2.43. The van der Waals surface area contributed by atoms with E-state index in [0.717, 1.165) is 30.8 Å². The van der Waals surface area contributed by atoms with Crippen LogP contribution >= 0.6 is 11.8 Å². The number of likely N-dealkylation sites (tertiary alicyclic amines) is 1. The van der Waals surface area contributed by atoms with Gasteiger partial charge in [-0.15, -0.1) is 11.8 Å². The molecule has 33 heavy (non-hydrogen) atoms. The van der Waals surface area contributed by atoms with Gasteiger partial charge in [0.1, 0.15) is 17.2 Å². The zero-order valence-electron chi connectivity index (χ0n) is 19.3. The van der Waals surface area contributed by atoms with Crippen molar-refractivity contribution in [1.82, 2.24) is 15.1 Å². The maximum atomic E-state index is 13.5. The van der Waals surface area contributed by atoms with Gasteiger partial charge in [0, 0.05) is 18.8 Å². The first-order chi connectivity index (χ1) is 16.1. The van der Waals surface area contributed by atoms with Gasteiger partial charge in [-0.25, -0.2) is 4.79 Å². The molecule has 2 fully saturated rings. The Hall–Kier alpha value is -2.71. The lowest BCUT2D eigenvalue weighted by Crippen LogP contribution is -2.50. The first-order valence-electron chi connectivity index (χ1n) is 11.5. The Bertz CT molecular complexity index is 980. The minimum absolute atomic E-state index is 0.104. The van der Waals surface area contributed by atoms with Crippen LogP contribution in [0.5, 0.6) is 5.75 Å². The number of hydrogen-bond donors (Lipinski definition) is 2. The summed E-state index contributed by atoms with van der Waals surface area (Å²) >= 11 is 1.62. The average Bonchev–Trinajstić information content (AvgIpc) is 3.50. The molecule has 2 saturated heterocycles. The molecule has 0 aliphatic carbocycles. The number of benzene rings is 2. The predicted molar refractivity (Wildman–Crippen MR) is 133 cm³/mol. The number of hydrogen-bond acceptors (Lipinski definition) is 5. The minimum atomic E-state index is -0.548. The van der Waals surface area contributed by atoms with Gasteiger partial charge in [-0.3, -0.25) is 9.69 Å². The van der Waals surface area contributed by atoms with E-state index >= 15 is 0 Å². The van der Waals surface area contributed by atoms with Crippen molar-refractivity contribution in [2.45, 2.75) is 31.2 Å². The second-order valence-electron chi connectivity index (χ2n) is 8.44. The molecular formula is C25H32N4O3S. The molecule has 2 atom stereocenters. The number of anilines is 1. The number of aryl methyl sites for hydroxylation is 1. The highest BCUT2D eigenvalue weighted by atomic mass is 32.2. The predicted octanol–water partition coefficient (Wildman–Crippen LogP) is 3.86. The molecule has 2 aliphatic rings. The van der Waals surface area contributed by atoms with E-state index < -0.39 is 6.04 Å². The molecule has 7 nitrogen and oxygen atoms in total. The van der Waals surface area contributed by atoms with Crippen molar-refractivity contribution in [2.24, 2.45) is 0 Å². The Labute approximate surface area is 199 Å². The maximum absolute atomic E-state index is 13.5. The third-order valence-electron chi connectivity index (χ3n) is 6.27. The SMILES string of the molecule is COc1ccccc1NC(=O)N1C(C(=O)NCCN2CCCC2)CSC1c1ccccc1C. The van der Waals surface area contributed by atoms with Crippen LogP contribution in [-0.4, -0.2) is 66.8 Å². The summed E-state index contributed by atoms with van der Waals surface area (Å²) in [5.41, 5.74) is 2.73. The number of urea groups is 1. The van der Waals surface area contributed by atoms with Gasteiger partial charge in [0.05, 0.1) is 12.8 Å². The Kier molecular flexibility index (Phi) is 7.77. The summed E-state index contributed by atoms with van der Waals surface area (Å²) in [4.78, 5) is 30.8. The lowest BCUT2D eigenvalue weighted by Gasteiger charge is -2.30. The van der Waals surface area contributed by atoms with Crippen LogP contribution in [0.15, 0.2) is 48.5 Å². The zero-order chi connectivity index (χ0) is 23.2. The van der Waals surface area contributed by atoms with E-state index in [0.29, 0.717) is 23.7 Å². The number of ether oxygens (including phenoxy) is 1. The molecule has 0 bridgehead atoms. The van der Waals surface area contributed by atoms with Crippen LogP contribution in [-0.2, 0) is 4.79 Å². The second-order valence-corrected chi connectivity index (χ2v) is 9.55. The maximum Gasteiger partial charge on any atom is 0.323 e. The van der Waals surface area contributed by atoms with Crippen molar-refractivity contribution in [1.29, 1.82) is 0 Å². The molecular weight excluding hydrogens is 436 g/mol. The molecule has 0 aromatic heterocycles. The van der Waals surface area contributed by atoms with Crippen molar-refractivity contribution in [3.8, 4) is 5.75 Å². The topological polar surface area (TPSA) is 73.9 Å². The fraction of sp³-hybridized carbons (Fsp3) is 0.440. The van der Waals surface area contributed by atoms with Gasteiger partial charge in [0.25, 0.3) is 0 Å². The monoisotopic (exact) mass is 468 g/mol. The lowest BCUT2D eigenvalue weighted by atomic mass is 10.1. The van der Waals surface area contributed by atoms with Gasteiger partial charge in [0.15, 0.2) is 0 Å². The molecule has 2 aliphatic heterocycles. The quantitative estimate of drug-likeness (QED) is 0.646. The lowest BCUT2D eigenvalue weighted by molar-refractivity contribution is -0.124. The van der Waals surface area contributed by atoms with Crippen molar-refractivity contribution in [3.05, 3.63) is 59.7 Å². The number of methoxy groups -OCH3 is 1. The van der Waals surface area contributed by atoms with Gasteiger partial charge in [0.2, 0.25) is 5.91 Å². The summed E-state index contributed by atoms with van der Waals surface area (Å²) in [7, 11) is 1.57. The molecule has 2 aromatic carbocycles. The van der Waals surface area contributed by atoms with E-state index in [9.17, 15) is 9.59 Å². The third kappa shape index (κ3) is 5.45. The smallest absolute Gasteiger partial charge is 0.323 e. The first-order valence-corrected chi connectivity index (χ1v) is 12.5. The van der Waals surface area contributed by atoms with E-state index in [1.54, 1.807) is 35.9 Å². The summed E-state index contributed by atoms with van der Waals surface area (Å²) in [6, 6.07) is 14.5. The van der Waals surface area contributed by atoms with Gasteiger partial charge < -0.3 is 20.3 Å². The highest BCUT2D eigenvalue weighted by Crippen LogP contribution is 2.43. The van der Waals surface area contributed by atoms with Crippen molar-refractivity contribution in [2.75, 3.05) is 44.4 Å². The number of rotatable bonds is 7. The molecule has 2 heterocycles. The summed E-state index contributed by atoms with van der Waals surface area (Å²) in [6.07, 6.45) is 2.45. The van der Waals surface area contributed by atoms with Crippen LogP contribution in [0.1, 0.15) is 29.3 Å². The second kappa shape index (κ2) is 10.9. The van der Waals surface area contributed by atoms with Crippen molar-refractivity contribution in [3.63, 3.8) is 0 Å². The molecule has 2 unspecified atom stereocenters. The number of carbonyl (C=O) groups is 2. The minimum Gasteiger partial charge on any atom is -0.495 e. The van der Waals surface area contributed by atoms with E-state index in [1.165, 1.54) is 12.8 Å².